The Balaban J connectivity index is 1.84. The molecule has 2 aromatic heterocycles. The number of alkyl halides is 1. The Morgan fingerprint density at radius 2 is 2.10 bits per heavy atom. The summed E-state index contributed by atoms with van der Waals surface area (Å²) in [5.74, 6) is 0.651. The van der Waals surface area contributed by atoms with E-state index in [1.54, 1.807) is 0 Å². The monoisotopic (exact) mass is 289 g/mol. The van der Waals surface area contributed by atoms with Crippen LogP contribution in [0, 0.1) is 0 Å². The highest BCUT2D eigenvalue weighted by atomic mass is 35.5. The van der Waals surface area contributed by atoms with Crippen molar-refractivity contribution in [3.63, 3.8) is 0 Å². The molecule has 104 valence electrons. The fourth-order valence-electron chi connectivity index (χ4n) is 2.34. The van der Waals surface area contributed by atoms with Crippen LogP contribution in [0.1, 0.15) is 17.8 Å². The van der Waals surface area contributed by atoms with Gasteiger partial charge in [0, 0.05) is 24.5 Å². The van der Waals surface area contributed by atoms with Gasteiger partial charge in [0.15, 0.2) is 0 Å². The molecule has 0 fully saturated rings. The van der Waals surface area contributed by atoms with E-state index in [0.29, 0.717) is 12.4 Å². The number of benzene rings is 1. The first-order valence-corrected chi connectivity index (χ1v) is 7.17. The van der Waals surface area contributed by atoms with Gasteiger partial charge in [-0.05, 0) is 18.9 Å². The Morgan fingerprint density at radius 3 is 2.95 bits per heavy atom. The van der Waals surface area contributed by atoms with Crippen LogP contribution in [0.2, 0.25) is 0 Å². The molecule has 0 N–H and O–H groups in total. The van der Waals surface area contributed by atoms with Crippen LogP contribution in [-0.2, 0) is 20.0 Å². The predicted molar refractivity (Wildman–Crippen MR) is 78.9 cm³/mol. The average molecular weight is 290 g/mol. The lowest BCUT2D eigenvalue weighted by molar-refractivity contribution is 0.627. The minimum atomic E-state index is 0.634. The largest absolute Gasteiger partial charge is 0.268 e. The van der Waals surface area contributed by atoms with E-state index in [1.807, 2.05) is 34.7 Å². The first kappa shape index (κ1) is 13.1. The summed E-state index contributed by atoms with van der Waals surface area (Å²) in [6.07, 6.45) is 3.76. The molecule has 0 saturated carbocycles. The molecule has 0 unspecified atom stereocenters. The number of rotatable bonds is 5. The second-order valence-corrected chi connectivity index (χ2v) is 5.17. The normalized spacial score (nSPS) is 11.3. The third kappa shape index (κ3) is 2.54. The molecule has 0 aliphatic carbocycles. The Kier molecular flexibility index (Phi) is 3.69. The highest BCUT2D eigenvalue weighted by molar-refractivity contribution is 6.17. The first-order valence-electron chi connectivity index (χ1n) is 6.63. The second kappa shape index (κ2) is 5.63. The van der Waals surface area contributed by atoms with Crippen LogP contribution in [-0.4, -0.2) is 30.7 Å². The van der Waals surface area contributed by atoms with E-state index in [4.69, 9.17) is 11.6 Å². The number of hydrogen-bond donors (Lipinski definition) is 0. The van der Waals surface area contributed by atoms with Crippen molar-refractivity contribution < 1.29 is 0 Å². The quantitative estimate of drug-likeness (QED) is 0.678. The standard InChI is InChI=1S/C14H16ClN5/c1-19-14-7-3-2-6-12(14)13(17-19)10-20-9-11(16-18-20)5-4-8-15/h2-3,6-7,9H,4-5,8,10H2,1H3. The molecule has 0 radical (unpaired) electrons. The van der Waals surface area contributed by atoms with Gasteiger partial charge < -0.3 is 0 Å². The predicted octanol–water partition coefficient (Wildman–Crippen LogP) is 2.38. The lowest BCUT2D eigenvalue weighted by Crippen LogP contribution is -2.02. The summed E-state index contributed by atoms with van der Waals surface area (Å²) in [5.41, 5.74) is 3.12. The van der Waals surface area contributed by atoms with Crippen molar-refractivity contribution in [3.8, 4) is 0 Å². The van der Waals surface area contributed by atoms with Crippen molar-refractivity contribution >= 4 is 22.5 Å². The van der Waals surface area contributed by atoms with Gasteiger partial charge in [0.25, 0.3) is 0 Å². The smallest absolute Gasteiger partial charge is 0.0918 e. The third-order valence-corrected chi connectivity index (χ3v) is 3.57. The van der Waals surface area contributed by atoms with Crippen molar-refractivity contribution in [2.75, 3.05) is 5.88 Å². The first-order chi connectivity index (χ1) is 9.78. The van der Waals surface area contributed by atoms with Crippen molar-refractivity contribution in [2.24, 2.45) is 7.05 Å². The fraction of sp³-hybridized carbons (Fsp3) is 0.357. The topological polar surface area (TPSA) is 48.5 Å². The molecule has 0 spiro atoms. The van der Waals surface area contributed by atoms with E-state index >= 15 is 0 Å². The number of nitrogens with zero attached hydrogens (tertiary/aromatic N) is 5. The molecule has 3 aromatic rings. The summed E-state index contributed by atoms with van der Waals surface area (Å²) in [7, 11) is 1.96. The van der Waals surface area contributed by atoms with Crippen LogP contribution in [0.3, 0.4) is 0 Å². The van der Waals surface area contributed by atoms with Crippen LogP contribution in [0.5, 0.6) is 0 Å². The lowest BCUT2D eigenvalue weighted by Gasteiger charge is -1.96. The Morgan fingerprint density at radius 1 is 1.25 bits per heavy atom. The van der Waals surface area contributed by atoms with Crippen LogP contribution in [0.15, 0.2) is 30.5 Å². The molecule has 6 heteroatoms. The zero-order chi connectivity index (χ0) is 13.9. The Labute approximate surface area is 122 Å². The third-order valence-electron chi connectivity index (χ3n) is 3.30. The Hall–Kier alpha value is -1.88. The van der Waals surface area contributed by atoms with Gasteiger partial charge in [-0.2, -0.15) is 5.10 Å². The van der Waals surface area contributed by atoms with E-state index in [1.165, 1.54) is 0 Å². The maximum Gasteiger partial charge on any atom is 0.0918 e. The number of hydrogen-bond acceptors (Lipinski definition) is 3. The zero-order valence-corrected chi connectivity index (χ0v) is 12.1. The van der Waals surface area contributed by atoms with E-state index in [0.717, 1.165) is 35.1 Å². The molecular formula is C14H16ClN5. The van der Waals surface area contributed by atoms with Crippen LogP contribution < -0.4 is 0 Å². The lowest BCUT2D eigenvalue weighted by atomic mass is 10.2. The Bertz CT molecular complexity index is 715. The minimum absolute atomic E-state index is 0.634. The number of aromatic nitrogens is 5. The summed E-state index contributed by atoms with van der Waals surface area (Å²) in [6.45, 7) is 0.634. The molecule has 0 saturated heterocycles. The van der Waals surface area contributed by atoms with Crippen molar-refractivity contribution in [1.29, 1.82) is 0 Å². The fourth-order valence-corrected chi connectivity index (χ4v) is 2.47. The van der Waals surface area contributed by atoms with Crippen LogP contribution >= 0.6 is 11.6 Å². The van der Waals surface area contributed by atoms with Crippen LogP contribution in [0.25, 0.3) is 10.9 Å². The van der Waals surface area contributed by atoms with Gasteiger partial charge in [-0.1, -0.05) is 23.4 Å². The van der Waals surface area contributed by atoms with E-state index in [-0.39, 0.29) is 0 Å². The molecule has 20 heavy (non-hydrogen) atoms. The summed E-state index contributed by atoms with van der Waals surface area (Å²) in [5, 5.41) is 14.0. The number of halogens is 1. The number of fused-ring (bicyclic) bond motifs is 1. The molecule has 0 atom stereocenters. The van der Waals surface area contributed by atoms with Gasteiger partial charge in [-0.15, -0.1) is 16.7 Å². The second-order valence-electron chi connectivity index (χ2n) is 4.79. The van der Waals surface area contributed by atoms with Gasteiger partial charge in [0.05, 0.1) is 23.4 Å². The van der Waals surface area contributed by atoms with Gasteiger partial charge >= 0.3 is 0 Å². The molecular weight excluding hydrogens is 274 g/mol. The number of para-hydroxylation sites is 1. The molecule has 0 aliphatic heterocycles. The molecule has 1 aromatic carbocycles. The minimum Gasteiger partial charge on any atom is -0.268 e. The van der Waals surface area contributed by atoms with Crippen molar-refractivity contribution in [1.82, 2.24) is 24.8 Å². The average Bonchev–Trinajstić information content (AvgIpc) is 3.03. The van der Waals surface area contributed by atoms with Crippen LogP contribution in [0.4, 0.5) is 0 Å². The van der Waals surface area contributed by atoms with E-state index < -0.39 is 0 Å². The van der Waals surface area contributed by atoms with Gasteiger partial charge in [-0.3, -0.25) is 4.68 Å². The summed E-state index contributed by atoms with van der Waals surface area (Å²) < 4.78 is 3.73. The summed E-state index contributed by atoms with van der Waals surface area (Å²) in [4.78, 5) is 0. The SMILES string of the molecule is Cn1nc(Cn2cc(CCCCl)nn2)c2ccccc21. The molecule has 0 bridgehead atoms. The zero-order valence-electron chi connectivity index (χ0n) is 11.3. The summed E-state index contributed by atoms with van der Waals surface area (Å²) in [6, 6.07) is 8.20. The summed E-state index contributed by atoms with van der Waals surface area (Å²) >= 11 is 5.69. The van der Waals surface area contributed by atoms with E-state index in [9.17, 15) is 0 Å². The number of aryl methyl sites for hydroxylation is 2. The van der Waals surface area contributed by atoms with Crippen molar-refractivity contribution in [3.05, 3.63) is 41.9 Å². The maximum atomic E-state index is 5.69. The van der Waals surface area contributed by atoms with Crippen molar-refractivity contribution in [2.45, 2.75) is 19.4 Å². The molecule has 5 nitrogen and oxygen atoms in total. The van der Waals surface area contributed by atoms with Gasteiger partial charge in [0.1, 0.15) is 0 Å². The molecule has 3 rings (SSSR count). The molecule has 2 heterocycles. The molecule has 0 aliphatic rings. The van der Waals surface area contributed by atoms with E-state index in [2.05, 4.69) is 27.5 Å². The molecule has 0 amide bonds. The van der Waals surface area contributed by atoms with Gasteiger partial charge in [-0.25, -0.2) is 4.68 Å². The maximum absolute atomic E-state index is 5.69. The van der Waals surface area contributed by atoms with Gasteiger partial charge in [0.2, 0.25) is 0 Å². The highest BCUT2D eigenvalue weighted by Gasteiger charge is 2.09. The highest BCUT2D eigenvalue weighted by Crippen LogP contribution is 2.18.